The van der Waals surface area contributed by atoms with E-state index in [4.69, 9.17) is 18.0 Å². The van der Waals surface area contributed by atoms with Gasteiger partial charge in [0.05, 0.1) is 0 Å². The fourth-order valence-corrected chi connectivity index (χ4v) is 1.82. The summed E-state index contributed by atoms with van der Waals surface area (Å²) in [5.41, 5.74) is 7.94. The van der Waals surface area contributed by atoms with E-state index in [0.29, 0.717) is 4.99 Å². The van der Waals surface area contributed by atoms with Crippen LogP contribution in [0.4, 0.5) is 0 Å². The molecule has 2 rings (SSSR count). The zero-order valence-electron chi connectivity index (χ0n) is 8.97. The Morgan fingerprint density at radius 2 is 2.06 bits per heavy atom. The van der Waals surface area contributed by atoms with Crippen molar-refractivity contribution in [2.45, 2.75) is 6.54 Å². The van der Waals surface area contributed by atoms with Crippen LogP contribution >= 0.6 is 12.2 Å². The molecule has 0 atom stereocenters. The number of rotatable bonds is 3. The molecule has 1 aliphatic rings. The predicted molar refractivity (Wildman–Crippen MR) is 70.9 cm³/mol. The van der Waals surface area contributed by atoms with Crippen LogP contribution in [0.1, 0.15) is 5.56 Å². The maximum absolute atomic E-state index is 5.63. The van der Waals surface area contributed by atoms with Gasteiger partial charge in [-0.05, 0) is 17.8 Å². The lowest BCUT2D eigenvalue weighted by molar-refractivity contribution is 0.400. The Kier molecular flexibility index (Phi) is 3.37. The third kappa shape index (κ3) is 2.70. The standard InChI is InChI=1S/C13H14N2S/c14-13(16)12-7-4-8-15(10-12)9-11-5-2-1-3-6-11/h1-8H,9-10H2,(H2,14,16). The van der Waals surface area contributed by atoms with Crippen LogP contribution in [-0.2, 0) is 6.54 Å². The molecule has 0 aromatic heterocycles. The fourth-order valence-electron chi connectivity index (χ4n) is 1.69. The number of hydrogen-bond acceptors (Lipinski definition) is 2. The molecule has 0 amide bonds. The van der Waals surface area contributed by atoms with Gasteiger partial charge in [0.1, 0.15) is 4.99 Å². The van der Waals surface area contributed by atoms with E-state index in [9.17, 15) is 0 Å². The third-order valence-electron chi connectivity index (χ3n) is 2.51. The minimum atomic E-state index is 0.488. The first-order chi connectivity index (χ1) is 7.75. The Hall–Kier alpha value is -1.61. The van der Waals surface area contributed by atoms with Crippen LogP contribution in [-0.4, -0.2) is 16.4 Å². The van der Waals surface area contributed by atoms with Gasteiger partial charge >= 0.3 is 0 Å². The number of benzene rings is 1. The Labute approximate surface area is 101 Å². The quantitative estimate of drug-likeness (QED) is 0.807. The molecule has 0 radical (unpaired) electrons. The van der Waals surface area contributed by atoms with Gasteiger partial charge in [0.2, 0.25) is 0 Å². The number of thiocarbonyl (C=S) groups is 1. The summed E-state index contributed by atoms with van der Waals surface area (Å²) in [4.78, 5) is 2.69. The minimum absolute atomic E-state index is 0.488. The molecule has 82 valence electrons. The van der Waals surface area contributed by atoms with E-state index < -0.39 is 0 Å². The van der Waals surface area contributed by atoms with Gasteiger partial charge < -0.3 is 10.6 Å². The monoisotopic (exact) mass is 230 g/mol. The van der Waals surface area contributed by atoms with E-state index in [0.717, 1.165) is 18.7 Å². The number of nitrogens with two attached hydrogens (primary N) is 1. The Bertz CT molecular complexity index is 435. The average molecular weight is 230 g/mol. The molecule has 0 aliphatic carbocycles. The van der Waals surface area contributed by atoms with Crippen molar-refractivity contribution in [1.82, 2.24) is 4.90 Å². The summed E-state index contributed by atoms with van der Waals surface area (Å²) in [6.45, 7) is 1.68. The van der Waals surface area contributed by atoms with Gasteiger partial charge in [-0.25, -0.2) is 0 Å². The van der Waals surface area contributed by atoms with E-state index in [1.807, 2.05) is 30.4 Å². The second-order valence-corrected chi connectivity index (χ2v) is 4.23. The molecule has 0 fully saturated rings. The summed E-state index contributed by atoms with van der Waals surface area (Å²) in [5, 5.41) is 0. The van der Waals surface area contributed by atoms with E-state index in [2.05, 4.69) is 23.2 Å². The summed E-state index contributed by atoms with van der Waals surface area (Å²) < 4.78 is 0. The Morgan fingerprint density at radius 1 is 1.31 bits per heavy atom. The highest BCUT2D eigenvalue weighted by atomic mass is 32.1. The lowest BCUT2D eigenvalue weighted by atomic mass is 10.1. The highest BCUT2D eigenvalue weighted by Gasteiger charge is 2.09. The summed E-state index contributed by atoms with van der Waals surface area (Å²) in [7, 11) is 0. The second-order valence-electron chi connectivity index (χ2n) is 3.79. The van der Waals surface area contributed by atoms with Crippen LogP contribution in [0, 0.1) is 0 Å². The van der Waals surface area contributed by atoms with E-state index >= 15 is 0 Å². The molecular formula is C13H14N2S. The first-order valence-electron chi connectivity index (χ1n) is 5.21. The van der Waals surface area contributed by atoms with Crippen molar-refractivity contribution < 1.29 is 0 Å². The normalized spacial score (nSPS) is 14.8. The topological polar surface area (TPSA) is 29.3 Å². The van der Waals surface area contributed by atoms with Gasteiger partial charge in [0, 0.05) is 18.7 Å². The molecular weight excluding hydrogens is 216 g/mol. The first kappa shape index (κ1) is 10.9. The van der Waals surface area contributed by atoms with Crippen molar-refractivity contribution in [3.05, 3.63) is 59.8 Å². The van der Waals surface area contributed by atoms with Crippen LogP contribution in [0.15, 0.2) is 54.3 Å². The third-order valence-corrected chi connectivity index (χ3v) is 2.77. The van der Waals surface area contributed by atoms with Crippen LogP contribution in [0.3, 0.4) is 0 Å². The molecule has 0 spiro atoms. The van der Waals surface area contributed by atoms with Crippen molar-refractivity contribution >= 4 is 17.2 Å². The minimum Gasteiger partial charge on any atom is -0.390 e. The van der Waals surface area contributed by atoms with Crippen molar-refractivity contribution in [3.63, 3.8) is 0 Å². The molecule has 0 unspecified atom stereocenters. The van der Waals surface area contributed by atoms with Crippen LogP contribution < -0.4 is 5.73 Å². The first-order valence-corrected chi connectivity index (χ1v) is 5.61. The summed E-state index contributed by atoms with van der Waals surface area (Å²) in [5.74, 6) is 0. The van der Waals surface area contributed by atoms with Gasteiger partial charge in [-0.1, -0.05) is 48.6 Å². The summed E-state index contributed by atoms with van der Waals surface area (Å²) >= 11 is 4.98. The maximum atomic E-state index is 5.63. The molecule has 2 nitrogen and oxygen atoms in total. The van der Waals surface area contributed by atoms with Gasteiger partial charge in [-0.2, -0.15) is 0 Å². The number of allylic oxidation sites excluding steroid dienone is 2. The summed E-state index contributed by atoms with van der Waals surface area (Å²) in [6, 6.07) is 10.4. The van der Waals surface area contributed by atoms with Crippen molar-refractivity contribution in [2.24, 2.45) is 5.73 Å². The smallest absolute Gasteiger partial charge is 0.101 e. The zero-order valence-corrected chi connectivity index (χ0v) is 9.78. The highest BCUT2D eigenvalue weighted by molar-refractivity contribution is 7.80. The molecule has 16 heavy (non-hydrogen) atoms. The Morgan fingerprint density at radius 3 is 2.75 bits per heavy atom. The second kappa shape index (κ2) is 4.94. The molecule has 0 saturated carbocycles. The molecule has 1 aromatic carbocycles. The van der Waals surface area contributed by atoms with Gasteiger partial charge in [-0.15, -0.1) is 0 Å². The number of hydrogen-bond donors (Lipinski definition) is 1. The van der Waals surface area contributed by atoms with Gasteiger partial charge in [0.25, 0.3) is 0 Å². The van der Waals surface area contributed by atoms with Crippen LogP contribution in [0.2, 0.25) is 0 Å². The highest BCUT2D eigenvalue weighted by Crippen LogP contribution is 2.12. The molecule has 1 aliphatic heterocycles. The molecule has 2 N–H and O–H groups in total. The number of nitrogens with zero attached hydrogens (tertiary/aromatic N) is 1. The molecule has 1 aromatic rings. The maximum Gasteiger partial charge on any atom is 0.101 e. The van der Waals surface area contributed by atoms with E-state index in [1.165, 1.54) is 5.56 Å². The SMILES string of the molecule is NC(=S)C1=CC=CN(Cc2ccccc2)C1. The van der Waals surface area contributed by atoms with E-state index in [1.54, 1.807) is 0 Å². The van der Waals surface area contributed by atoms with Crippen molar-refractivity contribution in [3.8, 4) is 0 Å². The van der Waals surface area contributed by atoms with Crippen LogP contribution in [0.25, 0.3) is 0 Å². The molecule has 0 saturated heterocycles. The van der Waals surface area contributed by atoms with Gasteiger partial charge in [0.15, 0.2) is 0 Å². The van der Waals surface area contributed by atoms with Gasteiger partial charge in [-0.3, -0.25) is 0 Å². The van der Waals surface area contributed by atoms with Crippen molar-refractivity contribution in [1.29, 1.82) is 0 Å². The lowest BCUT2D eigenvalue weighted by Gasteiger charge is -2.24. The average Bonchev–Trinajstić information content (AvgIpc) is 2.30. The van der Waals surface area contributed by atoms with E-state index in [-0.39, 0.29) is 0 Å². The molecule has 0 bridgehead atoms. The predicted octanol–water partition coefficient (Wildman–Crippen LogP) is 2.23. The summed E-state index contributed by atoms with van der Waals surface area (Å²) in [6.07, 6.45) is 6.03. The molecule has 3 heteroatoms. The fraction of sp³-hybridized carbons (Fsp3) is 0.154. The van der Waals surface area contributed by atoms with Crippen molar-refractivity contribution in [2.75, 3.05) is 6.54 Å². The van der Waals surface area contributed by atoms with Crippen LogP contribution in [0.5, 0.6) is 0 Å². The zero-order chi connectivity index (χ0) is 11.4. The largest absolute Gasteiger partial charge is 0.390 e. The Balaban J connectivity index is 2.02. The molecule has 1 heterocycles. The lowest BCUT2D eigenvalue weighted by Crippen LogP contribution is -2.27.